The predicted molar refractivity (Wildman–Crippen MR) is 107 cm³/mol. The van der Waals surface area contributed by atoms with Crippen LogP contribution in [-0.4, -0.2) is 32.4 Å². The van der Waals surface area contributed by atoms with Crippen molar-refractivity contribution in [3.63, 3.8) is 0 Å². The van der Waals surface area contributed by atoms with Crippen molar-refractivity contribution in [1.29, 1.82) is 0 Å². The quantitative estimate of drug-likeness (QED) is 0.216. The van der Waals surface area contributed by atoms with Crippen LogP contribution < -0.4 is 9.47 Å². The summed E-state index contributed by atoms with van der Waals surface area (Å²) in [5.74, 6) is -0.436. The second-order valence-corrected chi connectivity index (χ2v) is 6.32. The van der Waals surface area contributed by atoms with Crippen LogP contribution in [0.3, 0.4) is 0 Å². The highest BCUT2D eigenvalue weighted by Gasteiger charge is 2.20. The number of carbonyl (C=O) groups excluding carboxylic acids is 2. The standard InChI is InChI=1S/C22H26O8/c1-4-5-6-13-20(27-29-21(23)16-9-7-11-18(14-16)25-2)28-30-22(24)17-10-8-12-19(15-17)26-3/h7-12,14-15,20H,4-6,13H2,1-3H3. The van der Waals surface area contributed by atoms with Gasteiger partial charge in [-0.2, -0.15) is 0 Å². The van der Waals surface area contributed by atoms with Gasteiger partial charge >= 0.3 is 11.9 Å². The van der Waals surface area contributed by atoms with Gasteiger partial charge in [0.15, 0.2) is 0 Å². The molecule has 0 aliphatic carbocycles. The third-order valence-electron chi connectivity index (χ3n) is 4.12. The first-order chi connectivity index (χ1) is 14.6. The lowest BCUT2D eigenvalue weighted by molar-refractivity contribution is -0.421. The molecule has 0 atom stereocenters. The Morgan fingerprint density at radius 3 is 1.73 bits per heavy atom. The van der Waals surface area contributed by atoms with Gasteiger partial charge in [-0.05, 0) is 42.8 Å². The summed E-state index contributed by atoms with van der Waals surface area (Å²) in [6.07, 6.45) is 1.91. The smallest absolute Gasteiger partial charge is 0.373 e. The predicted octanol–water partition coefficient (Wildman–Crippen LogP) is 4.49. The molecular formula is C22H26O8. The van der Waals surface area contributed by atoms with E-state index in [-0.39, 0.29) is 11.1 Å². The number of hydrogen-bond donors (Lipinski definition) is 0. The molecule has 30 heavy (non-hydrogen) atoms. The Bertz CT molecular complexity index is 757. The fourth-order valence-corrected chi connectivity index (χ4v) is 2.46. The molecule has 0 radical (unpaired) electrons. The van der Waals surface area contributed by atoms with Gasteiger partial charge in [0.1, 0.15) is 11.5 Å². The van der Waals surface area contributed by atoms with E-state index in [9.17, 15) is 9.59 Å². The zero-order valence-electron chi connectivity index (χ0n) is 17.3. The van der Waals surface area contributed by atoms with E-state index in [0.717, 1.165) is 19.3 Å². The molecule has 2 rings (SSSR count). The molecule has 8 nitrogen and oxygen atoms in total. The van der Waals surface area contributed by atoms with E-state index in [0.29, 0.717) is 17.9 Å². The molecule has 0 saturated heterocycles. The van der Waals surface area contributed by atoms with E-state index in [1.54, 1.807) is 36.4 Å². The molecule has 162 valence electrons. The lowest BCUT2D eigenvalue weighted by Gasteiger charge is -2.15. The van der Waals surface area contributed by atoms with Crippen LogP contribution in [0.15, 0.2) is 48.5 Å². The Morgan fingerprint density at radius 2 is 1.30 bits per heavy atom. The Balaban J connectivity index is 1.93. The van der Waals surface area contributed by atoms with Crippen LogP contribution >= 0.6 is 0 Å². The highest BCUT2D eigenvalue weighted by atomic mass is 17.3. The number of ether oxygens (including phenoxy) is 2. The van der Waals surface area contributed by atoms with E-state index >= 15 is 0 Å². The monoisotopic (exact) mass is 418 g/mol. The molecule has 0 amide bonds. The zero-order valence-corrected chi connectivity index (χ0v) is 17.3. The first kappa shape index (κ1) is 23.2. The summed E-state index contributed by atoms with van der Waals surface area (Å²) in [7, 11) is 2.99. The lowest BCUT2D eigenvalue weighted by atomic mass is 10.2. The van der Waals surface area contributed by atoms with Crippen molar-refractivity contribution >= 4 is 11.9 Å². The second-order valence-electron chi connectivity index (χ2n) is 6.32. The van der Waals surface area contributed by atoms with Crippen molar-refractivity contribution in [2.24, 2.45) is 0 Å². The Morgan fingerprint density at radius 1 is 0.800 bits per heavy atom. The van der Waals surface area contributed by atoms with Crippen LogP contribution in [0.2, 0.25) is 0 Å². The Hall–Kier alpha value is -3.10. The van der Waals surface area contributed by atoms with Crippen LogP contribution in [0.4, 0.5) is 0 Å². The third kappa shape index (κ3) is 7.38. The molecular weight excluding hydrogens is 392 g/mol. The molecule has 0 aromatic heterocycles. The summed E-state index contributed by atoms with van der Waals surface area (Å²) in [4.78, 5) is 44.3. The van der Waals surface area contributed by atoms with Crippen molar-refractivity contribution in [2.45, 2.75) is 38.9 Å². The van der Waals surface area contributed by atoms with E-state index in [4.69, 9.17) is 29.0 Å². The molecule has 0 unspecified atom stereocenters. The van der Waals surface area contributed by atoms with E-state index in [1.165, 1.54) is 26.4 Å². The maximum Gasteiger partial charge on any atom is 0.373 e. The number of carbonyl (C=O) groups is 2. The fourth-order valence-electron chi connectivity index (χ4n) is 2.46. The molecule has 2 aromatic carbocycles. The van der Waals surface area contributed by atoms with Crippen molar-refractivity contribution in [3.8, 4) is 11.5 Å². The molecule has 0 N–H and O–H groups in total. The van der Waals surface area contributed by atoms with Gasteiger partial charge in [-0.15, -0.1) is 9.78 Å². The number of methoxy groups -OCH3 is 2. The van der Waals surface area contributed by atoms with Crippen LogP contribution in [0, 0.1) is 0 Å². The molecule has 0 spiro atoms. The van der Waals surface area contributed by atoms with Crippen LogP contribution in [-0.2, 0) is 19.6 Å². The maximum atomic E-state index is 12.2. The van der Waals surface area contributed by atoms with E-state index in [2.05, 4.69) is 0 Å². The first-order valence-electron chi connectivity index (χ1n) is 9.60. The maximum absolute atomic E-state index is 12.2. The highest BCUT2D eigenvalue weighted by Crippen LogP contribution is 2.17. The van der Waals surface area contributed by atoms with Crippen LogP contribution in [0.5, 0.6) is 11.5 Å². The van der Waals surface area contributed by atoms with Gasteiger partial charge in [-0.3, -0.25) is 9.78 Å². The molecule has 8 heteroatoms. The number of hydrogen-bond acceptors (Lipinski definition) is 8. The Kier molecular flexibility index (Phi) is 9.63. The molecule has 2 aromatic rings. The minimum atomic E-state index is -1.07. The van der Waals surface area contributed by atoms with Gasteiger partial charge in [-0.25, -0.2) is 9.59 Å². The Labute approximate surface area is 175 Å². The largest absolute Gasteiger partial charge is 0.497 e. The normalized spacial score (nSPS) is 10.5. The van der Waals surface area contributed by atoms with Gasteiger partial charge in [0, 0.05) is 6.42 Å². The summed E-state index contributed by atoms with van der Waals surface area (Å²) < 4.78 is 10.2. The van der Waals surface area contributed by atoms with Gasteiger partial charge in [0.05, 0.1) is 25.3 Å². The first-order valence-corrected chi connectivity index (χ1v) is 9.60. The average Bonchev–Trinajstić information content (AvgIpc) is 2.80. The summed E-state index contributed by atoms with van der Waals surface area (Å²) in [5, 5.41) is 0. The van der Waals surface area contributed by atoms with Crippen LogP contribution in [0.25, 0.3) is 0 Å². The summed E-state index contributed by atoms with van der Waals surface area (Å²) in [6.45, 7) is 2.04. The third-order valence-corrected chi connectivity index (χ3v) is 4.12. The minimum Gasteiger partial charge on any atom is -0.497 e. The van der Waals surface area contributed by atoms with Crippen LogP contribution in [0.1, 0.15) is 53.3 Å². The lowest BCUT2D eigenvalue weighted by Crippen LogP contribution is -2.22. The average molecular weight is 418 g/mol. The van der Waals surface area contributed by atoms with Crippen molar-refractivity contribution in [1.82, 2.24) is 0 Å². The summed E-state index contributed by atoms with van der Waals surface area (Å²) in [5.41, 5.74) is 0.491. The van der Waals surface area contributed by atoms with E-state index < -0.39 is 18.2 Å². The number of rotatable bonds is 12. The molecule has 0 saturated carbocycles. The van der Waals surface area contributed by atoms with Gasteiger partial charge in [0.2, 0.25) is 6.29 Å². The van der Waals surface area contributed by atoms with Crippen molar-refractivity contribution in [3.05, 3.63) is 59.7 Å². The van der Waals surface area contributed by atoms with E-state index in [1.807, 2.05) is 6.92 Å². The van der Waals surface area contributed by atoms with Gasteiger partial charge < -0.3 is 9.47 Å². The van der Waals surface area contributed by atoms with Gasteiger partial charge in [0.25, 0.3) is 0 Å². The fraction of sp³-hybridized carbons (Fsp3) is 0.364. The number of unbranched alkanes of at least 4 members (excludes halogenated alkanes) is 2. The zero-order chi connectivity index (χ0) is 21.8. The SMILES string of the molecule is CCCCCC(OOC(=O)c1cccc(OC)c1)OOC(=O)c1cccc(OC)c1. The minimum absolute atomic E-state index is 0.245. The molecule has 0 aliphatic heterocycles. The number of benzene rings is 2. The molecule has 0 aliphatic rings. The van der Waals surface area contributed by atoms with Gasteiger partial charge in [-0.1, -0.05) is 31.9 Å². The molecule has 0 bridgehead atoms. The highest BCUT2D eigenvalue weighted by molar-refractivity contribution is 5.89. The van der Waals surface area contributed by atoms with Crippen molar-refractivity contribution in [2.75, 3.05) is 14.2 Å². The summed E-state index contributed by atoms with van der Waals surface area (Å²) >= 11 is 0. The topological polar surface area (TPSA) is 89.5 Å². The summed E-state index contributed by atoms with van der Waals surface area (Å²) in [6, 6.07) is 12.9. The van der Waals surface area contributed by atoms with Crippen molar-refractivity contribution < 1.29 is 38.6 Å². The molecule has 0 heterocycles. The second kappa shape index (κ2) is 12.5. The molecule has 0 fully saturated rings.